The van der Waals surface area contributed by atoms with Crippen molar-refractivity contribution in [2.45, 2.75) is 6.18 Å². The van der Waals surface area contributed by atoms with E-state index in [0.717, 1.165) is 6.21 Å². The highest BCUT2D eigenvalue weighted by Gasteiger charge is 2.32. The number of hydrogen-bond acceptors (Lipinski definition) is 5. The highest BCUT2D eigenvalue weighted by molar-refractivity contribution is 6.31. The number of hydrogen-bond donors (Lipinski definition) is 2. The van der Waals surface area contributed by atoms with E-state index in [1.165, 1.54) is 0 Å². The molecule has 0 bridgehead atoms. The molecule has 0 aliphatic rings. The predicted molar refractivity (Wildman–Crippen MR) is 103 cm³/mol. The van der Waals surface area contributed by atoms with Gasteiger partial charge in [-0.05, 0) is 12.1 Å². The van der Waals surface area contributed by atoms with Crippen molar-refractivity contribution in [2.75, 3.05) is 5.43 Å². The maximum absolute atomic E-state index is 14.0. The summed E-state index contributed by atoms with van der Waals surface area (Å²) in [5.74, 6) is -1.30. The minimum atomic E-state index is -4.72. The first-order valence-corrected chi connectivity index (χ1v) is 8.53. The second-order valence-corrected chi connectivity index (χ2v) is 6.25. The summed E-state index contributed by atoms with van der Waals surface area (Å²) < 4.78 is 52.6. The molecular weight excluding hydrogens is 426 g/mol. The Morgan fingerprint density at radius 2 is 1.93 bits per heavy atom. The fourth-order valence-corrected chi connectivity index (χ4v) is 2.69. The summed E-state index contributed by atoms with van der Waals surface area (Å²) in [6, 6.07) is 11.1. The van der Waals surface area contributed by atoms with Crippen molar-refractivity contribution >= 4 is 23.8 Å². The van der Waals surface area contributed by atoms with Crippen LogP contribution < -0.4 is 11.0 Å². The Hall–Kier alpha value is -3.71. The van der Waals surface area contributed by atoms with Gasteiger partial charge in [-0.15, -0.1) is 0 Å². The van der Waals surface area contributed by atoms with E-state index >= 15 is 0 Å². The molecule has 0 unspecified atom stereocenters. The van der Waals surface area contributed by atoms with Crippen molar-refractivity contribution in [3.63, 3.8) is 0 Å². The normalized spacial score (nSPS) is 11.5. The molecule has 0 amide bonds. The quantitative estimate of drug-likeness (QED) is 0.357. The second-order valence-electron chi connectivity index (χ2n) is 5.85. The zero-order valence-electron chi connectivity index (χ0n) is 14.8. The first kappa shape index (κ1) is 21.0. The van der Waals surface area contributed by atoms with Gasteiger partial charge < -0.3 is 0 Å². The monoisotopic (exact) mass is 435 g/mol. The van der Waals surface area contributed by atoms with Crippen LogP contribution in [0.2, 0.25) is 5.02 Å². The third-order valence-corrected chi connectivity index (χ3v) is 4.11. The van der Waals surface area contributed by atoms with E-state index in [1.807, 2.05) is 0 Å². The number of nitrogens with zero attached hydrogens (tertiary/aromatic N) is 3. The van der Waals surface area contributed by atoms with Crippen LogP contribution in [0.3, 0.4) is 0 Å². The number of alkyl halides is 3. The molecule has 152 valence electrons. The molecule has 2 N–H and O–H groups in total. The van der Waals surface area contributed by atoms with Crippen LogP contribution in [-0.2, 0) is 6.18 Å². The molecule has 3 rings (SSSR count). The van der Waals surface area contributed by atoms with Gasteiger partial charge in [-0.1, -0.05) is 41.9 Å². The van der Waals surface area contributed by atoms with E-state index in [-0.39, 0.29) is 17.2 Å². The summed E-state index contributed by atoms with van der Waals surface area (Å²) in [5, 5.41) is 12.1. The molecule has 0 saturated heterocycles. The number of H-pyrrole nitrogens is 1. The van der Waals surface area contributed by atoms with Crippen LogP contribution >= 0.6 is 11.6 Å². The molecule has 2 aromatic carbocycles. The first-order chi connectivity index (χ1) is 14.2. The molecule has 0 atom stereocenters. The summed E-state index contributed by atoms with van der Waals surface area (Å²) in [6.45, 7) is 0. The van der Waals surface area contributed by atoms with Crippen LogP contribution in [0, 0.1) is 17.1 Å². The smallest absolute Gasteiger partial charge is 0.290 e. The lowest BCUT2D eigenvalue weighted by Gasteiger charge is -2.09. The Labute approximate surface area is 171 Å². The van der Waals surface area contributed by atoms with Gasteiger partial charge in [-0.25, -0.2) is 14.8 Å². The Balaban J connectivity index is 1.95. The van der Waals surface area contributed by atoms with E-state index in [1.54, 1.807) is 36.4 Å². The number of hydrazone groups is 1. The molecular formula is C19H10ClF4N5O. The molecule has 6 nitrogen and oxygen atoms in total. The number of anilines is 1. The van der Waals surface area contributed by atoms with Gasteiger partial charge >= 0.3 is 6.18 Å². The summed E-state index contributed by atoms with van der Waals surface area (Å²) in [6.07, 6.45) is -3.96. The average molecular weight is 436 g/mol. The molecule has 1 heterocycles. The molecule has 1 aromatic heterocycles. The second kappa shape index (κ2) is 8.34. The molecule has 30 heavy (non-hydrogen) atoms. The predicted octanol–water partition coefficient (Wildman–Crippen LogP) is 4.57. The Kier molecular flexibility index (Phi) is 5.84. The van der Waals surface area contributed by atoms with Crippen molar-refractivity contribution in [3.8, 4) is 17.3 Å². The van der Waals surface area contributed by atoms with Gasteiger partial charge in [0.25, 0.3) is 5.56 Å². The average Bonchev–Trinajstić information content (AvgIpc) is 2.70. The number of aromatic amines is 1. The van der Waals surface area contributed by atoms with Crippen LogP contribution in [0.1, 0.15) is 16.7 Å². The lowest BCUT2D eigenvalue weighted by atomic mass is 10.1. The zero-order valence-corrected chi connectivity index (χ0v) is 15.5. The summed E-state index contributed by atoms with van der Waals surface area (Å²) in [7, 11) is 0. The van der Waals surface area contributed by atoms with E-state index in [2.05, 4.69) is 20.5 Å². The molecule has 0 aliphatic carbocycles. The van der Waals surface area contributed by atoms with Crippen molar-refractivity contribution < 1.29 is 17.6 Å². The molecule has 0 radical (unpaired) electrons. The molecule has 11 heteroatoms. The summed E-state index contributed by atoms with van der Waals surface area (Å²) >= 11 is 5.52. The lowest BCUT2D eigenvalue weighted by molar-refractivity contribution is -0.137. The minimum Gasteiger partial charge on any atom is -0.290 e. The van der Waals surface area contributed by atoms with E-state index < -0.39 is 33.7 Å². The van der Waals surface area contributed by atoms with Gasteiger partial charge in [0.2, 0.25) is 5.95 Å². The molecule has 3 aromatic rings. The fraction of sp³-hybridized carbons (Fsp3) is 0.0526. The van der Waals surface area contributed by atoms with Gasteiger partial charge in [0, 0.05) is 11.1 Å². The Morgan fingerprint density at radius 3 is 2.57 bits per heavy atom. The number of aromatic nitrogens is 2. The Morgan fingerprint density at radius 1 is 1.23 bits per heavy atom. The number of halogens is 5. The van der Waals surface area contributed by atoms with Gasteiger partial charge in [0.05, 0.1) is 22.5 Å². The molecule has 0 spiro atoms. The summed E-state index contributed by atoms with van der Waals surface area (Å²) in [4.78, 5) is 18.5. The first-order valence-electron chi connectivity index (χ1n) is 8.16. The van der Waals surface area contributed by atoms with Crippen LogP contribution in [0.15, 0.2) is 52.4 Å². The number of nitrogens with one attached hydrogen (secondary N) is 2. The molecule has 0 aliphatic heterocycles. The van der Waals surface area contributed by atoms with E-state index in [9.17, 15) is 27.6 Å². The third kappa shape index (κ3) is 4.47. The Bertz CT molecular complexity index is 1220. The van der Waals surface area contributed by atoms with Crippen molar-refractivity contribution in [2.24, 2.45) is 5.10 Å². The number of nitriles is 1. The maximum atomic E-state index is 14.0. The minimum absolute atomic E-state index is 0.0767. The zero-order chi connectivity index (χ0) is 21.9. The number of rotatable bonds is 4. The van der Waals surface area contributed by atoms with Crippen LogP contribution in [0.5, 0.6) is 0 Å². The van der Waals surface area contributed by atoms with Gasteiger partial charge in [0.15, 0.2) is 5.82 Å². The summed E-state index contributed by atoms with van der Waals surface area (Å²) in [5.41, 5.74) is 0.213. The van der Waals surface area contributed by atoms with Crippen LogP contribution in [0.4, 0.5) is 23.5 Å². The number of benzene rings is 2. The van der Waals surface area contributed by atoms with Gasteiger partial charge in [0.1, 0.15) is 11.6 Å². The van der Waals surface area contributed by atoms with Crippen LogP contribution in [0.25, 0.3) is 11.3 Å². The maximum Gasteiger partial charge on any atom is 0.416 e. The van der Waals surface area contributed by atoms with Crippen molar-refractivity contribution in [1.29, 1.82) is 5.26 Å². The van der Waals surface area contributed by atoms with E-state index in [4.69, 9.17) is 11.6 Å². The fourth-order valence-electron chi connectivity index (χ4n) is 2.47. The topological polar surface area (TPSA) is 93.9 Å². The highest BCUT2D eigenvalue weighted by Crippen LogP contribution is 2.33. The van der Waals surface area contributed by atoms with Crippen molar-refractivity contribution in [3.05, 3.63) is 80.3 Å². The van der Waals surface area contributed by atoms with Crippen LogP contribution in [-0.4, -0.2) is 16.2 Å². The molecule has 0 saturated carbocycles. The molecule has 0 fully saturated rings. The van der Waals surface area contributed by atoms with E-state index in [0.29, 0.717) is 17.7 Å². The third-order valence-electron chi connectivity index (χ3n) is 3.84. The lowest BCUT2D eigenvalue weighted by Crippen LogP contribution is -2.16. The largest absolute Gasteiger partial charge is 0.416 e. The van der Waals surface area contributed by atoms with Crippen molar-refractivity contribution in [1.82, 2.24) is 9.97 Å². The van der Waals surface area contributed by atoms with Gasteiger partial charge in [-0.2, -0.15) is 23.5 Å². The SMILES string of the molecule is N#Cc1c(-c2ccccc2)nc(NN=Cc2cc(C(F)(F)F)cc(Cl)c2F)[nH]c1=O. The highest BCUT2D eigenvalue weighted by atomic mass is 35.5. The standard InChI is InChI=1S/C19H10ClF4N5O/c20-14-7-12(19(22,23)24)6-11(15(14)21)9-26-29-18-27-16(10-4-2-1-3-5-10)13(8-25)17(30)28-18/h1-7,9H,(H2,27,28,29,30). The van der Waals surface area contributed by atoms with Gasteiger partial charge in [-0.3, -0.25) is 9.78 Å².